The van der Waals surface area contributed by atoms with Gasteiger partial charge in [-0.05, 0) is 12.5 Å². The molecule has 0 spiro atoms. The Labute approximate surface area is 94.0 Å². The van der Waals surface area contributed by atoms with Crippen molar-refractivity contribution < 1.29 is 13.9 Å². The fraction of sp³-hybridized carbons (Fsp3) is 0.636. The third-order valence-electron chi connectivity index (χ3n) is 2.16. The molecule has 1 aliphatic heterocycles. The SMILES string of the molecule is C=CC(C=C)O[SiH2]CCCOCC1CO1. The number of rotatable bonds is 10. The number of epoxide rings is 1. The minimum Gasteiger partial charge on any atom is -0.414 e. The van der Waals surface area contributed by atoms with Crippen LogP contribution in [0.4, 0.5) is 0 Å². The third kappa shape index (κ3) is 6.62. The van der Waals surface area contributed by atoms with E-state index in [4.69, 9.17) is 13.9 Å². The highest BCUT2D eigenvalue weighted by Crippen LogP contribution is 2.08. The second-order valence-corrected chi connectivity index (χ2v) is 4.99. The van der Waals surface area contributed by atoms with Gasteiger partial charge in [-0.25, -0.2) is 0 Å². The van der Waals surface area contributed by atoms with Gasteiger partial charge >= 0.3 is 0 Å². The van der Waals surface area contributed by atoms with E-state index in [1.165, 1.54) is 0 Å². The van der Waals surface area contributed by atoms with E-state index in [9.17, 15) is 0 Å². The second kappa shape index (κ2) is 7.82. The Hall–Kier alpha value is -0.423. The van der Waals surface area contributed by atoms with Crippen molar-refractivity contribution in [2.24, 2.45) is 0 Å². The summed E-state index contributed by atoms with van der Waals surface area (Å²) in [5.41, 5.74) is 0. The molecular formula is C11H20O3Si. The van der Waals surface area contributed by atoms with E-state index in [0.29, 0.717) is 6.10 Å². The fourth-order valence-electron chi connectivity index (χ4n) is 1.14. The normalized spacial score (nSPS) is 19.9. The Bertz CT molecular complexity index is 184. The molecule has 0 aromatic rings. The van der Waals surface area contributed by atoms with Crippen molar-refractivity contribution in [2.75, 3.05) is 19.8 Å². The average molecular weight is 228 g/mol. The highest BCUT2D eigenvalue weighted by atomic mass is 28.2. The molecule has 1 atom stereocenters. The summed E-state index contributed by atoms with van der Waals surface area (Å²) in [5, 5.41) is 0. The number of hydrogen-bond acceptors (Lipinski definition) is 3. The minimum atomic E-state index is -0.444. The molecule has 0 saturated carbocycles. The van der Waals surface area contributed by atoms with Crippen molar-refractivity contribution >= 4 is 9.76 Å². The average Bonchev–Trinajstić information content (AvgIpc) is 3.06. The van der Waals surface area contributed by atoms with Crippen LogP contribution in [-0.4, -0.2) is 41.8 Å². The van der Waals surface area contributed by atoms with Crippen LogP contribution < -0.4 is 0 Å². The van der Waals surface area contributed by atoms with Crippen LogP contribution in [0.2, 0.25) is 6.04 Å². The molecule has 1 fully saturated rings. The number of ether oxygens (including phenoxy) is 2. The zero-order valence-electron chi connectivity index (χ0n) is 9.19. The summed E-state index contributed by atoms with van der Waals surface area (Å²) in [6.07, 6.45) is 5.06. The zero-order valence-corrected chi connectivity index (χ0v) is 10.6. The van der Waals surface area contributed by atoms with Gasteiger partial charge in [-0.1, -0.05) is 12.2 Å². The molecule has 0 amide bonds. The molecule has 0 N–H and O–H groups in total. The van der Waals surface area contributed by atoms with E-state index in [-0.39, 0.29) is 6.10 Å². The van der Waals surface area contributed by atoms with Gasteiger partial charge in [0.05, 0.1) is 19.3 Å². The van der Waals surface area contributed by atoms with Crippen molar-refractivity contribution in [3.63, 3.8) is 0 Å². The molecule has 86 valence electrons. The van der Waals surface area contributed by atoms with Gasteiger partial charge < -0.3 is 13.9 Å². The van der Waals surface area contributed by atoms with Crippen LogP contribution in [0, 0.1) is 0 Å². The van der Waals surface area contributed by atoms with Gasteiger partial charge in [0.25, 0.3) is 0 Å². The van der Waals surface area contributed by atoms with E-state index in [0.717, 1.165) is 32.3 Å². The van der Waals surface area contributed by atoms with Gasteiger partial charge in [-0.15, -0.1) is 13.2 Å². The maximum Gasteiger partial charge on any atom is 0.162 e. The molecule has 1 heterocycles. The summed E-state index contributed by atoms with van der Waals surface area (Å²) in [6, 6.07) is 1.14. The largest absolute Gasteiger partial charge is 0.414 e. The molecule has 0 radical (unpaired) electrons. The molecule has 1 rings (SSSR count). The molecule has 1 saturated heterocycles. The van der Waals surface area contributed by atoms with Crippen molar-refractivity contribution in [3.8, 4) is 0 Å². The maximum atomic E-state index is 5.60. The molecule has 0 aliphatic carbocycles. The van der Waals surface area contributed by atoms with Gasteiger partial charge in [0.1, 0.15) is 6.10 Å². The first-order valence-electron chi connectivity index (χ1n) is 5.43. The molecule has 3 nitrogen and oxygen atoms in total. The first-order valence-corrected chi connectivity index (χ1v) is 7.00. The first-order chi connectivity index (χ1) is 7.36. The summed E-state index contributed by atoms with van der Waals surface area (Å²) >= 11 is 0. The zero-order chi connectivity index (χ0) is 10.9. The molecule has 1 unspecified atom stereocenters. The summed E-state index contributed by atoms with van der Waals surface area (Å²) in [6.45, 7) is 9.80. The van der Waals surface area contributed by atoms with Crippen LogP contribution in [0.25, 0.3) is 0 Å². The topological polar surface area (TPSA) is 31.0 Å². The highest BCUT2D eigenvalue weighted by Gasteiger charge is 2.21. The van der Waals surface area contributed by atoms with Gasteiger partial charge in [0.15, 0.2) is 9.76 Å². The highest BCUT2D eigenvalue weighted by molar-refractivity contribution is 6.27. The molecule has 1 aliphatic rings. The fourth-order valence-corrected chi connectivity index (χ4v) is 2.26. The Balaban J connectivity index is 1.79. The minimum absolute atomic E-state index is 0.0393. The Morgan fingerprint density at radius 3 is 2.80 bits per heavy atom. The molecule has 0 aromatic carbocycles. The standard InChI is InChI=1S/C11H20O3Si/c1-3-10(4-2)14-15-7-5-6-12-8-11-9-13-11/h3-4,10-11H,1-2,5-9,15H2. The third-order valence-corrected chi connectivity index (χ3v) is 3.57. The van der Waals surface area contributed by atoms with Crippen molar-refractivity contribution in [1.29, 1.82) is 0 Å². The van der Waals surface area contributed by atoms with Crippen LogP contribution in [0.5, 0.6) is 0 Å². The predicted molar refractivity (Wildman–Crippen MR) is 63.8 cm³/mol. The smallest absolute Gasteiger partial charge is 0.162 e. The molecule has 0 aromatic heterocycles. The lowest BCUT2D eigenvalue weighted by Crippen LogP contribution is -2.10. The lowest BCUT2D eigenvalue weighted by molar-refractivity contribution is 0.116. The van der Waals surface area contributed by atoms with E-state index in [1.807, 2.05) is 0 Å². The monoisotopic (exact) mass is 228 g/mol. The van der Waals surface area contributed by atoms with Crippen molar-refractivity contribution in [3.05, 3.63) is 25.3 Å². The quantitative estimate of drug-likeness (QED) is 0.242. The first kappa shape index (κ1) is 12.6. The summed E-state index contributed by atoms with van der Waals surface area (Å²) in [4.78, 5) is 0. The lowest BCUT2D eigenvalue weighted by Gasteiger charge is -2.08. The summed E-state index contributed by atoms with van der Waals surface area (Å²) in [7, 11) is -0.444. The van der Waals surface area contributed by atoms with Crippen LogP contribution in [0.3, 0.4) is 0 Å². The van der Waals surface area contributed by atoms with Crippen LogP contribution in [-0.2, 0) is 13.9 Å². The Morgan fingerprint density at radius 2 is 2.20 bits per heavy atom. The Morgan fingerprint density at radius 1 is 1.47 bits per heavy atom. The second-order valence-electron chi connectivity index (χ2n) is 3.54. The van der Waals surface area contributed by atoms with E-state index in [2.05, 4.69) is 13.2 Å². The van der Waals surface area contributed by atoms with Crippen molar-refractivity contribution in [2.45, 2.75) is 24.7 Å². The van der Waals surface area contributed by atoms with Crippen molar-refractivity contribution in [1.82, 2.24) is 0 Å². The lowest BCUT2D eigenvalue weighted by atomic mass is 10.4. The molecule has 4 heteroatoms. The Kier molecular flexibility index (Phi) is 6.59. The maximum absolute atomic E-state index is 5.60. The van der Waals surface area contributed by atoms with Crippen LogP contribution >= 0.6 is 0 Å². The van der Waals surface area contributed by atoms with Gasteiger partial charge in [-0.2, -0.15) is 0 Å². The molecule has 0 bridgehead atoms. The van der Waals surface area contributed by atoms with Crippen LogP contribution in [0.1, 0.15) is 6.42 Å². The van der Waals surface area contributed by atoms with Gasteiger partial charge in [0.2, 0.25) is 0 Å². The van der Waals surface area contributed by atoms with Gasteiger partial charge in [0, 0.05) is 6.61 Å². The number of hydrogen-bond donors (Lipinski definition) is 0. The van der Waals surface area contributed by atoms with E-state index in [1.54, 1.807) is 12.2 Å². The van der Waals surface area contributed by atoms with Gasteiger partial charge in [-0.3, -0.25) is 0 Å². The predicted octanol–water partition coefficient (Wildman–Crippen LogP) is 1.05. The van der Waals surface area contributed by atoms with E-state index < -0.39 is 9.76 Å². The van der Waals surface area contributed by atoms with E-state index >= 15 is 0 Å². The summed E-state index contributed by atoms with van der Waals surface area (Å²) in [5.74, 6) is 0. The summed E-state index contributed by atoms with van der Waals surface area (Å²) < 4.78 is 16.1. The molecule has 15 heavy (non-hydrogen) atoms. The molecular weight excluding hydrogens is 208 g/mol. The van der Waals surface area contributed by atoms with Crippen LogP contribution in [0.15, 0.2) is 25.3 Å².